The van der Waals surface area contributed by atoms with Crippen molar-refractivity contribution in [3.8, 4) is 0 Å². The first-order valence-corrected chi connectivity index (χ1v) is 12.4. The fourth-order valence-electron chi connectivity index (χ4n) is 4.68. The van der Waals surface area contributed by atoms with Gasteiger partial charge in [-0.2, -0.15) is 0 Å². The topological polar surface area (TPSA) is 84.9 Å². The summed E-state index contributed by atoms with van der Waals surface area (Å²) in [6.07, 6.45) is 2.38. The monoisotopic (exact) mass is 486 g/mol. The van der Waals surface area contributed by atoms with Crippen LogP contribution in [-0.2, 0) is 29.0 Å². The summed E-state index contributed by atoms with van der Waals surface area (Å²) in [6.45, 7) is 0.433. The molecule has 0 aromatic heterocycles. The maximum Gasteiger partial charge on any atom is 0.260 e. The van der Waals surface area contributed by atoms with Crippen molar-refractivity contribution in [2.24, 2.45) is 0 Å². The summed E-state index contributed by atoms with van der Waals surface area (Å²) in [5.74, 6) is -0.613. The average Bonchev–Trinajstić information content (AvgIpc) is 3.03. The molecule has 0 fully saturated rings. The van der Waals surface area contributed by atoms with Crippen molar-refractivity contribution in [2.75, 3.05) is 23.9 Å². The molecule has 3 aromatic carbocycles. The number of fused-ring (bicyclic) bond motifs is 1. The Bertz CT molecular complexity index is 1160. The van der Waals surface area contributed by atoms with Crippen LogP contribution >= 0.6 is 0 Å². The Morgan fingerprint density at radius 1 is 1.00 bits per heavy atom. The Morgan fingerprint density at radius 2 is 1.69 bits per heavy atom. The molecule has 7 nitrogen and oxygen atoms in total. The van der Waals surface area contributed by atoms with Crippen LogP contribution in [0.3, 0.4) is 0 Å². The quantitative estimate of drug-likeness (QED) is 0.317. The van der Waals surface area contributed by atoms with E-state index in [0.29, 0.717) is 32.2 Å². The molecular weight excluding hydrogens is 452 g/mol. The highest BCUT2D eigenvalue weighted by molar-refractivity contribution is 5.99. The van der Waals surface area contributed by atoms with Crippen LogP contribution in [0.15, 0.2) is 78.9 Å². The van der Waals surface area contributed by atoms with E-state index in [1.165, 1.54) is 0 Å². The van der Waals surface area contributed by atoms with Crippen LogP contribution in [0.4, 0.5) is 11.4 Å². The fourth-order valence-corrected chi connectivity index (χ4v) is 4.68. The van der Waals surface area contributed by atoms with E-state index in [1.54, 1.807) is 5.48 Å². The number of hydroxylamine groups is 1. The van der Waals surface area contributed by atoms with E-state index in [0.717, 1.165) is 28.1 Å². The van der Waals surface area contributed by atoms with Crippen molar-refractivity contribution in [3.63, 3.8) is 0 Å². The zero-order valence-electron chi connectivity index (χ0n) is 20.9. The Balaban J connectivity index is 1.56. The van der Waals surface area contributed by atoms with Gasteiger partial charge in [0.2, 0.25) is 5.91 Å². The lowest BCUT2D eigenvalue weighted by molar-refractivity contribution is -0.132. The van der Waals surface area contributed by atoms with Gasteiger partial charge in [0.1, 0.15) is 0 Å². The molecule has 1 aliphatic heterocycles. The first-order chi connectivity index (χ1) is 17.5. The van der Waals surface area contributed by atoms with Crippen molar-refractivity contribution in [2.45, 2.75) is 44.3 Å². The van der Waals surface area contributed by atoms with Crippen molar-refractivity contribution >= 4 is 23.2 Å². The summed E-state index contributed by atoms with van der Waals surface area (Å²) < 4.78 is 0. The molecule has 0 saturated heterocycles. The van der Waals surface area contributed by atoms with Crippen LogP contribution in [0.2, 0.25) is 0 Å². The van der Waals surface area contributed by atoms with E-state index < -0.39 is 18.0 Å². The summed E-state index contributed by atoms with van der Waals surface area (Å²) in [5, 5.41) is 12.6. The van der Waals surface area contributed by atoms with Gasteiger partial charge in [0.15, 0.2) is 0 Å². The molecule has 4 rings (SSSR count). The number of rotatable bonds is 9. The molecule has 0 aliphatic carbocycles. The molecule has 0 unspecified atom stereocenters. The Kier molecular flexibility index (Phi) is 8.36. The molecule has 3 aromatic rings. The van der Waals surface area contributed by atoms with E-state index >= 15 is 0 Å². The van der Waals surface area contributed by atoms with Crippen molar-refractivity contribution in [1.82, 2.24) is 10.8 Å². The van der Waals surface area contributed by atoms with E-state index in [1.807, 2.05) is 96.7 Å². The average molecular weight is 487 g/mol. The largest absolute Gasteiger partial charge is 0.378 e. The zero-order chi connectivity index (χ0) is 25.5. The third-order valence-corrected chi connectivity index (χ3v) is 6.74. The van der Waals surface area contributed by atoms with Crippen LogP contribution < -0.4 is 20.6 Å². The number of anilines is 2. The second-order valence-corrected chi connectivity index (χ2v) is 9.42. The lowest BCUT2D eigenvalue weighted by Gasteiger charge is -2.28. The van der Waals surface area contributed by atoms with Crippen LogP contribution in [0, 0.1) is 0 Å². The first kappa shape index (κ1) is 25.4. The molecule has 0 bridgehead atoms. The van der Waals surface area contributed by atoms with Crippen molar-refractivity contribution in [3.05, 3.63) is 95.6 Å². The minimum Gasteiger partial charge on any atom is -0.378 e. The SMILES string of the molecule is CN(C)c1ccc(CN2C(=O)[C@@H](N[C@@H](CCc3ccccc3)C(=O)NO)CCc3ccccc32)cc1. The van der Waals surface area contributed by atoms with Gasteiger partial charge >= 0.3 is 0 Å². The predicted molar refractivity (Wildman–Crippen MR) is 142 cm³/mol. The number of para-hydroxylation sites is 1. The molecule has 0 saturated carbocycles. The minimum atomic E-state index is -0.702. The summed E-state index contributed by atoms with van der Waals surface area (Å²) in [4.78, 5) is 30.2. The van der Waals surface area contributed by atoms with Crippen LogP contribution in [0.25, 0.3) is 0 Å². The third-order valence-electron chi connectivity index (χ3n) is 6.74. The van der Waals surface area contributed by atoms with Gasteiger partial charge in [-0.25, -0.2) is 5.48 Å². The number of hydrogen-bond donors (Lipinski definition) is 3. The minimum absolute atomic E-state index is 0.0768. The molecular formula is C29H34N4O3. The lowest BCUT2D eigenvalue weighted by Crippen LogP contribution is -2.53. The van der Waals surface area contributed by atoms with Crippen molar-refractivity contribution in [1.29, 1.82) is 0 Å². The maximum absolute atomic E-state index is 13.9. The zero-order valence-corrected chi connectivity index (χ0v) is 20.9. The van der Waals surface area contributed by atoms with Gasteiger partial charge in [-0.3, -0.25) is 20.1 Å². The number of aryl methyl sites for hydroxylation is 2. The van der Waals surface area contributed by atoms with Gasteiger partial charge in [0.05, 0.1) is 18.6 Å². The molecule has 7 heteroatoms. The number of amides is 2. The molecule has 2 amide bonds. The third kappa shape index (κ3) is 6.11. The van der Waals surface area contributed by atoms with E-state index in [4.69, 9.17) is 0 Å². The highest BCUT2D eigenvalue weighted by Crippen LogP contribution is 2.29. The summed E-state index contributed by atoms with van der Waals surface area (Å²) in [7, 11) is 3.99. The molecule has 0 radical (unpaired) electrons. The van der Waals surface area contributed by atoms with Gasteiger partial charge in [-0.15, -0.1) is 0 Å². The molecule has 2 atom stereocenters. The number of benzene rings is 3. The van der Waals surface area contributed by atoms with Crippen molar-refractivity contribution < 1.29 is 14.8 Å². The molecule has 188 valence electrons. The number of hydrogen-bond acceptors (Lipinski definition) is 5. The molecule has 1 heterocycles. The predicted octanol–water partition coefficient (Wildman–Crippen LogP) is 3.70. The van der Waals surface area contributed by atoms with Crippen LogP contribution in [0.5, 0.6) is 0 Å². The highest BCUT2D eigenvalue weighted by Gasteiger charge is 2.33. The second kappa shape index (κ2) is 11.8. The summed E-state index contributed by atoms with van der Waals surface area (Å²) in [6, 6.07) is 24.8. The Hall–Kier alpha value is -3.68. The van der Waals surface area contributed by atoms with Gasteiger partial charge in [0, 0.05) is 25.5 Å². The second-order valence-electron chi connectivity index (χ2n) is 9.42. The highest BCUT2D eigenvalue weighted by atomic mass is 16.5. The van der Waals surface area contributed by atoms with Gasteiger partial charge < -0.3 is 9.80 Å². The smallest absolute Gasteiger partial charge is 0.260 e. The fraction of sp³-hybridized carbons (Fsp3) is 0.310. The van der Waals surface area contributed by atoms with Crippen LogP contribution in [-0.4, -0.2) is 43.2 Å². The van der Waals surface area contributed by atoms with Gasteiger partial charge in [0.25, 0.3) is 5.91 Å². The maximum atomic E-state index is 13.9. The Labute approximate surface area is 212 Å². The number of carbonyl (C=O) groups is 2. The van der Waals surface area contributed by atoms with E-state index in [2.05, 4.69) is 11.4 Å². The summed E-state index contributed by atoms with van der Waals surface area (Å²) >= 11 is 0. The van der Waals surface area contributed by atoms with Gasteiger partial charge in [-0.05, 0) is 60.6 Å². The number of carbonyl (C=O) groups excluding carboxylic acids is 2. The molecule has 1 aliphatic rings. The molecule has 0 spiro atoms. The number of nitrogens with one attached hydrogen (secondary N) is 2. The Morgan fingerprint density at radius 3 is 2.39 bits per heavy atom. The standard InChI is InChI=1S/C29H34N4O3/c1-32(2)24-16-12-22(13-17-24)20-33-27-11-7-6-10-23(27)15-19-26(29(33)35)30-25(28(34)31-36)18-14-21-8-4-3-5-9-21/h3-13,16-17,25-26,30,36H,14-15,18-20H2,1-2H3,(H,31,34)/t25-,26-/m0/s1. The van der Waals surface area contributed by atoms with E-state index in [-0.39, 0.29) is 5.91 Å². The summed E-state index contributed by atoms with van der Waals surface area (Å²) in [5.41, 5.74) is 6.99. The lowest BCUT2D eigenvalue weighted by atomic mass is 10.0. The first-order valence-electron chi connectivity index (χ1n) is 12.4. The molecule has 3 N–H and O–H groups in total. The number of nitrogens with zero attached hydrogens (tertiary/aromatic N) is 2. The molecule has 36 heavy (non-hydrogen) atoms. The van der Waals surface area contributed by atoms with E-state index in [9.17, 15) is 14.8 Å². The van der Waals surface area contributed by atoms with Gasteiger partial charge in [-0.1, -0.05) is 60.7 Å². The normalized spacial score (nSPS) is 16.1. The van der Waals surface area contributed by atoms with Crippen LogP contribution in [0.1, 0.15) is 29.5 Å².